The fourth-order valence-corrected chi connectivity index (χ4v) is 7.95. The minimum absolute atomic E-state index is 0.119. The molecule has 0 radical (unpaired) electrons. The van der Waals surface area contributed by atoms with E-state index in [1.165, 1.54) is 17.4 Å². The fourth-order valence-electron chi connectivity index (χ4n) is 6.88. The summed E-state index contributed by atoms with van der Waals surface area (Å²) in [5.41, 5.74) is -0.341. The maximum Gasteiger partial charge on any atom is 0.263 e. The third-order valence-electron chi connectivity index (χ3n) is 9.37. The van der Waals surface area contributed by atoms with Crippen molar-refractivity contribution >= 4 is 28.3 Å². The van der Waals surface area contributed by atoms with E-state index in [1.807, 2.05) is 44.2 Å². The minimum atomic E-state index is -0.975. The second-order valence-electron chi connectivity index (χ2n) is 11.8. The van der Waals surface area contributed by atoms with Gasteiger partial charge in [0.05, 0.1) is 24.4 Å². The van der Waals surface area contributed by atoms with Crippen molar-refractivity contribution < 1.29 is 28.6 Å². The summed E-state index contributed by atoms with van der Waals surface area (Å²) in [5, 5.41) is 27.2. The summed E-state index contributed by atoms with van der Waals surface area (Å²) in [4.78, 5) is 31.8. The molecule has 0 aliphatic heterocycles. The average Bonchev–Trinajstić information content (AvgIpc) is 3.34. The lowest BCUT2D eigenvalue weighted by molar-refractivity contribution is -0.144. The number of aliphatic hydroxyl groups is 2. The monoisotopic (exact) mass is 583 g/mol. The van der Waals surface area contributed by atoms with Crippen LogP contribution in [-0.2, 0) is 11.2 Å². The van der Waals surface area contributed by atoms with E-state index < -0.39 is 40.0 Å². The summed E-state index contributed by atoms with van der Waals surface area (Å²) in [6.07, 6.45) is 0.988. The number of benzene rings is 2. The van der Waals surface area contributed by atoms with Gasteiger partial charge in [0, 0.05) is 22.6 Å². The SMILES string of the molecule is C[C@@H](NC(=O)C[C@@H]1c2nc(NC(=O)c3c(F)cccc3F)sc2C[C@@H]2[C@](C)(CO)[C@H](O)CC[C@]21C)c1ccccc1. The molecule has 7 nitrogen and oxygen atoms in total. The number of halogens is 2. The molecule has 1 aromatic heterocycles. The van der Waals surface area contributed by atoms with Crippen LogP contribution in [0.4, 0.5) is 13.9 Å². The van der Waals surface area contributed by atoms with Crippen molar-refractivity contribution in [1.29, 1.82) is 0 Å². The van der Waals surface area contributed by atoms with E-state index in [0.29, 0.717) is 25.0 Å². The average molecular weight is 584 g/mol. The molecule has 2 amide bonds. The van der Waals surface area contributed by atoms with Crippen molar-refractivity contribution in [2.24, 2.45) is 16.7 Å². The third-order valence-corrected chi connectivity index (χ3v) is 10.4. The summed E-state index contributed by atoms with van der Waals surface area (Å²) in [7, 11) is 0. The Labute approximate surface area is 242 Å². The van der Waals surface area contributed by atoms with Crippen LogP contribution >= 0.6 is 11.3 Å². The van der Waals surface area contributed by atoms with Gasteiger partial charge in [-0.3, -0.25) is 14.9 Å². The quantitative estimate of drug-likeness (QED) is 0.299. The molecule has 0 unspecified atom stereocenters. The maximum atomic E-state index is 14.3. The van der Waals surface area contributed by atoms with Crippen LogP contribution in [0.25, 0.3) is 0 Å². The van der Waals surface area contributed by atoms with Crippen LogP contribution in [0.15, 0.2) is 48.5 Å². The number of hydrogen-bond donors (Lipinski definition) is 4. The van der Waals surface area contributed by atoms with Crippen LogP contribution in [0.1, 0.15) is 78.5 Å². The van der Waals surface area contributed by atoms with Gasteiger partial charge in [0.25, 0.3) is 5.91 Å². The number of fused-ring (bicyclic) bond motifs is 2. The van der Waals surface area contributed by atoms with Gasteiger partial charge in [-0.25, -0.2) is 13.8 Å². The number of carbonyl (C=O) groups excluding carboxylic acids is 2. The number of nitrogens with one attached hydrogen (secondary N) is 2. The van der Waals surface area contributed by atoms with E-state index in [2.05, 4.69) is 17.6 Å². The highest BCUT2D eigenvalue weighted by atomic mass is 32.1. The molecule has 2 aliphatic rings. The number of amides is 2. The summed E-state index contributed by atoms with van der Waals surface area (Å²) >= 11 is 1.20. The number of hydrogen-bond acceptors (Lipinski definition) is 6. The van der Waals surface area contributed by atoms with Crippen molar-refractivity contribution in [1.82, 2.24) is 10.3 Å². The third kappa shape index (κ3) is 5.29. The predicted molar refractivity (Wildman–Crippen MR) is 153 cm³/mol. The second kappa shape index (κ2) is 11.2. The molecule has 1 saturated carbocycles. The Morgan fingerprint density at radius 2 is 1.80 bits per heavy atom. The van der Waals surface area contributed by atoms with Gasteiger partial charge in [0.15, 0.2) is 5.13 Å². The molecule has 0 spiro atoms. The lowest BCUT2D eigenvalue weighted by Gasteiger charge is -2.58. The molecule has 0 saturated heterocycles. The molecule has 218 valence electrons. The Kier molecular flexibility index (Phi) is 8.02. The van der Waals surface area contributed by atoms with Gasteiger partial charge >= 0.3 is 0 Å². The summed E-state index contributed by atoms with van der Waals surface area (Å²) in [6, 6.07) is 12.6. The molecule has 10 heteroatoms. The Morgan fingerprint density at radius 3 is 2.46 bits per heavy atom. The van der Waals surface area contributed by atoms with Crippen molar-refractivity contribution in [3.8, 4) is 0 Å². The number of nitrogens with zero attached hydrogens (tertiary/aromatic N) is 1. The normalized spacial score (nSPS) is 27.8. The van der Waals surface area contributed by atoms with Gasteiger partial charge < -0.3 is 15.5 Å². The molecule has 1 fully saturated rings. The van der Waals surface area contributed by atoms with Gasteiger partial charge in [-0.2, -0.15) is 0 Å². The van der Waals surface area contributed by atoms with Crippen LogP contribution < -0.4 is 10.6 Å². The second-order valence-corrected chi connectivity index (χ2v) is 12.9. The molecule has 4 N–H and O–H groups in total. The van der Waals surface area contributed by atoms with Crippen LogP contribution in [0.3, 0.4) is 0 Å². The van der Waals surface area contributed by atoms with Crippen LogP contribution in [0.5, 0.6) is 0 Å². The van der Waals surface area contributed by atoms with Crippen molar-refractivity contribution in [3.05, 3.63) is 81.9 Å². The first-order valence-electron chi connectivity index (χ1n) is 13.9. The molecule has 2 aromatic carbocycles. The Bertz CT molecular complexity index is 1430. The zero-order chi connectivity index (χ0) is 29.5. The van der Waals surface area contributed by atoms with Gasteiger partial charge in [-0.1, -0.05) is 50.2 Å². The smallest absolute Gasteiger partial charge is 0.263 e. The van der Waals surface area contributed by atoms with E-state index in [1.54, 1.807) is 0 Å². The van der Waals surface area contributed by atoms with Gasteiger partial charge in [0.2, 0.25) is 5.91 Å². The number of carbonyl (C=O) groups is 2. The Balaban J connectivity index is 1.48. The molecule has 3 aromatic rings. The van der Waals surface area contributed by atoms with Crippen LogP contribution in [-0.4, -0.2) is 39.7 Å². The number of aliphatic hydroxyl groups excluding tert-OH is 2. The van der Waals surface area contributed by atoms with Gasteiger partial charge in [-0.05, 0) is 55.2 Å². The Morgan fingerprint density at radius 1 is 1.12 bits per heavy atom. The van der Waals surface area contributed by atoms with E-state index >= 15 is 0 Å². The molecule has 41 heavy (non-hydrogen) atoms. The molecule has 5 rings (SSSR count). The van der Waals surface area contributed by atoms with Crippen molar-refractivity contribution in [2.75, 3.05) is 11.9 Å². The lowest BCUT2D eigenvalue weighted by atomic mass is 9.47. The maximum absolute atomic E-state index is 14.3. The van der Waals surface area contributed by atoms with E-state index in [9.17, 15) is 28.6 Å². The van der Waals surface area contributed by atoms with Gasteiger partial charge in [0.1, 0.15) is 17.2 Å². The van der Waals surface area contributed by atoms with E-state index in [0.717, 1.165) is 22.6 Å². The summed E-state index contributed by atoms with van der Waals surface area (Å²) < 4.78 is 28.5. The lowest BCUT2D eigenvalue weighted by Crippen LogP contribution is -2.57. The molecule has 1 heterocycles. The Hall–Kier alpha value is -3.21. The predicted octanol–water partition coefficient (Wildman–Crippen LogP) is 5.36. The van der Waals surface area contributed by atoms with Crippen molar-refractivity contribution in [3.63, 3.8) is 0 Å². The highest BCUT2D eigenvalue weighted by molar-refractivity contribution is 7.15. The van der Waals surface area contributed by atoms with Gasteiger partial charge in [-0.15, -0.1) is 11.3 Å². The highest BCUT2D eigenvalue weighted by Crippen LogP contribution is 2.62. The highest BCUT2D eigenvalue weighted by Gasteiger charge is 2.59. The van der Waals surface area contributed by atoms with Crippen LogP contribution in [0.2, 0.25) is 0 Å². The van der Waals surface area contributed by atoms with E-state index in [-0.39, 0.29) is 41.9 Å². The number of aromatic nitrogens is 1. The number of thiazole rings is 1. The molecule has 0 bridgehead atoms. The van der Waals surface area contributed by atoms with E-state index in [4.69, 9.17) is 4.98 Å². The zero-order valence-corrected chi connectivity index (χ0v) is 24.1. The number of rotatable bonds is 7. The number of anilines is 1. The summed E-state index contributed by atoms with van der Waals surface area (Å²) in [6.45, 7) is 5.67. The standard InChI is InChI=1S/C31H35F2N3O4S/c1-17(18-8-5-4-6-9-18)34-25(39)14-19-27-22(15-23-30(19,2)13-12-24(38)31(23,3)16-37)41-29(35-27)36-28(40)26-20(32)10-7-11-21(26)33/h4-11,17,19,23-24,37-38H,12-16H2,1-3H3,(H,34,39)(H,35,36,40)/t17-,19-,23+,24-,30+,31+/m1/s1. The summed E-state index contributed by atoms with van der Waals surface area (Å²) in [5.74, 6) is -3.60. The molecular weight excluding hydrogens is 548 g/mol. The first kappa shape index (κ1) is 29.3. The topological polar surface area (TPSA) is 112 Å². The minimum Gasteiger partial charge on any atom is -0.396 e. The zero-order valence-electron chi connectivity index (χ0n) is 23.3. The molecule has 6 atom stereocenters. The first-order chi connectivity index (χ1) is 19.5. The van der Waals surface area contributed by atoms with Crippen molar-refractivity contribution in [2.45, 2.75) is 64.5 Å². The largest absolute Gasteiger partial charge is 0.396 e. The van der Waals surface area contributed by atoms with Crippen LogP contribution in [0, 0.1) is 28.4 Å². The fraction of sp³-hybridized carbons (Fsp3) is 0.452. The molecule has 2 aliphatic carbocycles. The first-order valence-corrected chi connectivity index (χ1v) is 14.7. The molecular formula is C31H35F2N3O4S.